The van der Waals surface area contributed by atoms with Crippen molar-refractivity contribution >= 4 is 0 Å². The molecule has 1 aliphatic carbocycles. The first-order valence-corrected chi connectivity index (χ1v) is 7.32. The van der Waals surface area contributed by atoms with E-state index in [-0.39, 0.29) is 0 Å². The molecule has 1 fully saturated rings. The average molecular weight is 262 g/mol. The first-order chi connectivity index (χ1) is 9.11. The molecule has 0 aromatic carbocycles. The molecule has 0 saturated heterocycles. The zero-order valence-electron chi connectivity index (χ0n) is 12.4. The summed E-state index contributed by atoms with van der Waals surface area (Å²) in [6.45, 7) is 5.63. The SMILES string of the molecule is COc1ncccc1CNC1CCCC(C)(C)CC1. The van der Waals surface area contributed by atoms with Gasteiger partial charge in [0.05, 0.1) is 7.11 Å². The highest BCUT2D eigenvalue weighted by Gasteiger charge is 2.24. The van der Waals surface area contributed by atoms with Crippen molar-refractivity contribution in [3.05, 3.63) is 23.9 Å². The Morgan fingerprint density at radius 1 is 1.37 bits per heavy atom. The number of hydrogen-bond acceptors (Lipinski definition) is 3. The van der Waals surface area contributed by atoms with Crippen molar-refractivity contribution in [3.8, 4) is 5.88 Å². The fourth-order valence-corrected chi connectivity index (χ4v) is 2.86. The number of methoxy groups -OCH3 is 1. The van der Waals surface area contributed by atoms with Crippen LogP contribution >= 0.6 is 0 Å². The minimum atomic E-state index is 0.516. The topological polar surface area (TPSA) is 34.1 Å². The summed E-state index contributed by atoms with van der Waals surface area (Å²) in [7, 11) is 1.68. The predicted octanol–water partition coefficient (Wildman–Crippen LogP) is 3.54. The van der Waals surface area contributed by atoms with Gasteiger partial charge in [-0.2, -0.15) is 0 Å². The van der Waals surface area contributed by atoms with Crippen LogP contribution < -0.4 is 10.1 Å². The van der Waals surface area contributed by atoms with E-state index < -0.39 is 0 Å². The molecular weight excluding hydrogens is 236 g/mol. The first-order valence-electron chi connectivity index (χ1n) is 7.32. The summed E-state index contributed by atoms with van der Waals surface area (Å²) in [5.74, 6) is 0.740. The van der Waals surface area contributed by atoms with Crippen LogP contribution in [0.3, 0.4) is 0 Å². The molecule has 2 rings (SSSR count). The van der Waals surface area contributed by atoms with E-state index in [0.717, 1.165) is 18.0 Å². The summed E-state index contributed by atoms with van der Waals surface area (Å²) in [5.41, 5.74) is 1.66. The van der Waals surface area contributed by atoms with E-state index >= 15 is 0 Å². The molecule has 1 N–H and O–H groups in total. The van der Waals surface area contributed by atoms with E-state index in [1.165, 1.54) is 32.1 Å². The van der Waals surface area contributed by atoms with E-state index in [2.05, 4.69) is 30.2 Å². The van der Waals surface area contributed by atoms with Crippen LogP contribution in [0.1, 0.15) is 51.5 Å². The van der Waals surface area contributed by atoms with Gasteiger partial charge in [0.1, 0.15) is 0 Å². The minimum absolute atomic E-state index is 0.516. The maximum absolute atomic E-state index is 5.29. The molecule has 1 aromatic rings. The van der Waals surface area contributed by atoms with Crippen molar-refractivity contribution in [2.24, 2.45) is 5.41 Å². The Morgan fingerprint density at radius 3 is 3.00 bits per heavy atom. The Labute approximate surface area is 116 Å². The molecule has 1 heterocycles. The average Bonchev–Trinajstić information content (AvgIpc) is 2.58. The van der Waals surface area contributed by atoms with E-state index in [1.807, 2.05) is 6.07 Å². The molecule has 1 unspecified atom stereocenters. The molecule has 3 nitrogen and oxygen atoms in total. The zero-order chi connectivity index (χ0) is 13.7. The molecule has 1 atom stereocenters. The van der Waals surface area contributed by atoms with Crippen molar-refractivity contribution < 1.29 is 4.74 Å². The molecule has 0 aliphatic heterocycles. The van der Waals surface area contributed by atoms with Crippen LogP contribution in [0.4, 0.5) is 0 Å². The number of ether oxygens (including phenoxy) is 1. The molecule has 1 aliphatic rings. The lowest BCUT2D eigenvalue weighted by Crippen LogP contribution is -2.28. The first kappa shape index (κ1) is 14.3. The third-order valence-corrected chi connectivity index (χ3v) is 4.20. The molecule has 0 amide bonds. The van der Waals surface area contributed by atoms with E-state index in [4.69, 9.17) is 4.74 Å². The highest BCUT2D eigenvalue weighted by Crippen LogP contribution is 2.33. The van der Waals surface area contributed by atoms with Crippen LogP contribution in [0.25, 0.3) is 0 Å². The second-order valence-corrected chi connectivity index (χ2v) is 6.34. The largest absolute Gasteiger partial charge is 0.481 e. The molecule has 0 spiro atoms. The summed E-state index contributed by atoms with van der Waals surface area (Å²) in [6, 6.07) is 4.68. The second kappa shape index (κ2) is 6.38. The zero-order valence-corrected chi connectivity index (χ0v) is 12.4. The number of nitrogens with zero attached hydrogens (tertiary/aromatic N) is 1. The number of pyridine rings is 1. The van der Waals surface area contributed by atoms with Gasteiger partial charge < -0.3 is 10.1 Å². The number of nitrogens with one attached hydrogen (secondary N) is 1. The van der Waals surface area contributed by atoms with Crippen LogP contribution in [0.2, 0.25) is 0 Å². The van der Waals surface area contributed by atoms with Crippen molar-refractivity contribution in [1.82, 2.24) is 10.3 Å². The lowest BCUT2D eigenvalue weighted by molar-refractivity contribution is 0.309. The number of hydrogen-bond donors (Lipinski definition) is 1. The summed E-state index contributed by atoms with van der Waals surface area (Å²) in [5, 5.41) is 3.67. The molecule has 0 bridgehead atoms. The summed E-state index contributed by atoms with van der Waals surface area (Å²) in [6.07, 6.45) is 8.32. The van der Waals surface area contributed by atoms with Crippen molar-refractivity contribution in [2.45, 2.75) is 58.5 Å². The molecule has 19 heavy (non-hydrogen) atoms. The lowest BCUT2D eigenvalue weighted by atomic mass is 9.85. The molecule has 1 aromatic heterocycles. The second-order valence-electron chi connectivity index (χ2n) is 6.34. The van der Waals surface area contributed by atoms with Crippen LogP contribution in [-0.2, 0) is 6.54 Å². The van der Waals surface area contributed by atoms with E-state index in [1.54, 1.807) is 13.3 Å². The fourth-order valence-electron chi connectivity index (χ4n) is 2.86. The van der Waals surface area contributed by atoms with Gasteiger partial charge in [0.25, 0.3) is 0 Å². The summed E-state index contributed by atoms with van der Waals surface area (Å²) in [4.78, 5) is 4.24. The van der Waals surface area contributed by atoms with Gasteiger partial charge in [-0.3, -0.25) is 0 Å². The normalized spacial score (nSPS) is 22.8. The van der Waals surface area contributed by atoms with Crippen molar-refractivity contribution in [3.63, 3.8) is 0 Å². The van der Waals surface area contributed by atoms with Gasteiger partial charge in [0.2, 0.25) is 5.88 Å². The van der Waals surface area contributed by atoms with Gasteiger partial charge in [-0.15, -0.1) is 0 Å². The van der Waals surface area contributed by atoms with Gasteiger partial charge in [-0.25, -0.2) is 4.98 Å². The lowest BCUT2D eigenvalue weighted by Gasteiger charge is -2.22. The Morgan fingerprint density at radius 2 is 2.21 bits per heavy atom. The maximum atomic E-state index is 5.29. The molecule has 3 heteroatoms. The van der Waals surface area contributed by atoms with E-state index in [0.29, 0.717) is 11.5 Å². The third kappa shape index (κ3) is 4.20. The highest BCUT2D eigenvalue weighted by atomic mass is 16.5. The van der Waals surface area contributed by atoms with Crippen molar-refractivity contribution in [2.75, 3.05) is 7.11 Å². The Hall–Kier alpha value is -1.09. The molecule has 0 radical (unpaired) electrons. The predicted molar refractivity (Wildman–Crippen MR) is 78.3 cm³/mol. The Kier molecular flexibility index (Phi) is 4.81. The maximum Gasteiger partial charge on any atom is 0.217 e. The number of aromatic nitrogens is 1. The van der Waals surface area contributed by atoms with Gasteiger partial charge >= 0.3 is 0 Å². The van der Waals surface area contributed by atoms with E-state index in [9.17, 15) is 0 Å². The third-order valence-electron chi connectivity index (χ3n) is 4.20. The molecule has 106 valence electrons. The smallest absolute Gasteiger partial charge is 0.217 e. The van der Waals surface area contributed by atoms with Gasteiger partial charge in [0.15, 0.2) is 0 Å². The Balaban J connectivity index is 1.88. The van der Waals surface area contributed by atoms with Crippen LogP contribution in [-0.4, -0.2) is 18.1 Å². The number of rotatable bonds is 4. The van der Waals surface area contributed by atoms with Crippen LogP contribution in [0.15, 0.2) is 18.3 Å². The van der Waals surface area contributed by atoms with Gasteiger partial charge in [0, 0.05) is 24.3 Å². The minimum Gasteiger partial charge on any atom is -0.481 e. The Bertz CT molecular complexity index is 403. The standard InChI is InChI=1S/C16H26N2O/c1-16(2)9-4-7-14(8-10-16)18-12-13-6-5-11-17-15(13)19-3/h5-6,11,14,18H,4,7-10,12H2,1-3H3. The fraction of sp³-hybridized carbons (Fsp3) is 0.688. The highest BCUT2D eigenvalue weighted by molar-refractivity contribution is 5.25. The molecule has 1 saturated carbocycles. The quantitative estimate of drug-likeness (QED) is 0.843. The monoisotopic (exact) mass is 262 g/mol. The summed E-state index contributed by atoms with van der Waals surface area (Å²) >= 11 is 0. The van der Waals surface area contributed by atoms with Crippen LogP contribution in [0.5, 0.6) is 5.88 Å². The van der Waals surface area contributed by atoms with Crippen LogP contribution in [0, 0.1) is 5.41 Å². The molecular formula is C16H26N2O. The van der Waals surface area contributed by atoms with Gasteiger partial charge in [-0.1, -0.05) is 26.3 Å². The summed E-state index contributed by atoms with van der Waals surface area (Å²) < 4.78 is 5.29. The van der Waals surface area contributed by atoms with Gasteiger partial charge in [-0.05, 0) is 37.2 Å². The van der Waals surface area contributed by atoms with Crippen molar-refractivity contribution in [1.29, 1.82) is 0 Å².